The predicted molar refractivity (Wildman–Crippen MR) is 181 cm³/mol. The van der Waals surface area contributed by atoms with E-state index in [4.69, 9.17) is 18.9 Å². The second kappa shape index (κ2) is 15.9. The van der Waals surface area contributed by atoms with Crippen LogP contribution in [-0.2, 0) is 33.3 Å². The highest BCUT2D eigenvalue weighted by Crippen LogP contribution is 2.44. The smallest absolute Gasteiger partial charge is 0.407 e. The van der Waals surface area contributed by atoms with E-state index in [9.17, 15) is 24.3 Å². The predicted octanol–water partition coefficient (Wildman–Crippen LogP) is 4.39. The number of nitrogens with one attached hydrogen (secondary N) is 3. The highest BCUT2D eigenvalue weighted by molar-refractivity contribution is 5.93. The minimum absolute atomic E-state index is 0.0337. The zero-order valence-electron chi connectivity index (χ0n) is 29.5. The molecule has 3 unspecified atom stereocenters. The Balaban J connectivity index is 1.75. The maximum Gasteiger partial charge on any atom is 0.407 e. The average molecular weight is 670 g/mol. The van der Waals surface area contributed by atoms with Gasteiger partial charge in [-0.25, -0.2) is 9.59 Å². The van der Waals surface area contributed by atoms with E-state index in [0.717, 1.165) is 22.3 Å². The minimum Gasteiger partial charge on any atom is -0.480 e. The number of hydrogen-bond acceptors (Lipinski definition) is 8. The van der Waals surface area contributed by atoms with Crippen LogP contribution in [0.3, 0.4) is 0 Å². The van der Waals surface area contributed by atoms with Crippen molar-refractivity contribution in [1.29, 1.82) is 0 Å². The molecule has 264 valence electrons. The number of fused-ring (bicyclic) bond motifs is 3. The van der Waals surface area contributed by atoms with Crippen molar-refractivity contribution in [2.45, 2.75) is 103 Å². The van der Waals surface area contributed by atoms with E-state index in [2.05, 4.69) is 16.0 Å². The zero-order valence-corrected chi connectivity index (χ0v) is 29.5. The van der Waals surface area contributed by atoms with Gasteiger partial charge in [0, 0.05) is 5.92 Å². The Hall–Kier alpha value is -4.00. The maximum atomic E-state index is 13.7. The van der Waals surface area contributed by atoms with Crippen molar-refractivity contribution in [2.24, 2.45) is 0 Å². The monoisotopic (exact) mass is 669 g/mol. The van der Waals surface area contributed by atoms with Crippen LogP contribution < -0.4 is 16.0 Å². The number of hydrogen-bond donors (Lipinski definition) is 4. The summed E-state index contributed by atoms with van der Waals surface area (Å²) in [5.74, 6) is -3.03. The highest BCUT2D eigenvalue weighted by Gasteiger charge is 2.34. The lowest BCUT2D eigenvalue weighted by Gasteiger charge is -2.29. The lowest BCUT2D eigenvalue weighted by molar-refractivity contribution is -0.146. The highest BCUT2D eigenvalue weighted by atomic mass is 16.6. The lowest BCUT2D eigenvalue weighted by atomic mass is 9.98. The van der Waals surface area contributed by atoms with Gasteiger partial charge < -0.3 is 40.0 Å². The summed E-state index contributed by atoms with van der Waals surface area (Å²) in [4.78, 5) is 52.1. The van der Waals surface area contributed by atoms with Gasteiger partial charge in [-0.1, -0.05) is 48.5 Å². The molecule has 0 radical (unpaired) electrons. The molecule has 1 aliphatic rings. The number of carbonyl (C=O) groups excluding carboxylic acids is 3. The van der Waals surface area contributed by atoms with Crippen LogP contribution in [0.2, 0.25) is 0 Å². The number of ether oxygens (including phenoxy) is 4. The molecule has 12 heteroatoms. The zero-order chi connectivity index (χ0) is 35.9. The fourth-order valence-electron chi connectivity index (χ4n) is 4.87. The van der Waals surface area contributed by atoms with Gasteiger partial charge in [-0.15, -0.1) is 0 Å². The van der Waals surface area contributed by atoms with Gasteiger partial charge in [0.15, 0.2) is 6.04 Å². The number of amides is 3. The number of aliphatic carboxylic acids is 1. The number of rotatable bonds is 14. The van der Waals surface area contributed by atoms with Gasteiger partial charge in [0.25, 0.3) is 0 Å². The van der Waals surface area contributed by atoms with Crippen LogP contribution in [0.1, 0.15) is 79.4 Å². The molecule has 12 nitrogen and oxygen atoms in total. The molecule has 2 aromatic carbocycles. The normalized spacial score (nSPS) is 15.0. The van der Waals surface area contributed by atoms with E-state index in [1.807, 2.05) is 48.5 Å². The Morgan fingerprint density at radius 2 is 1.00 bits per heavy atom. The summed E-state index contributed by atoms with van der Waals surface area (Å²) < 4.78 is 22.9. The van der Waals surface area contributed by atoms with Gasteiger partial charge in [-0.3, -0.25) is 9.59 Å². The molecule has 0 spiro atoms. The van der Waals surface area contributed by atoms with Crippen molar-refractivity contribution in [3.05, 3.63) is 59.7 Å². The molecule has 0 fully saturated rings. The molecule has 3 atom stereocenters. The van der Waals surface area contributed by atoms with Crippen LogP contribution >= 0.6 is 0 Å². The van der Waals surface area contributed by atoms with Gasteiger partial charge in [0.2, 0.25) is 11.8 Å². The van der Waals surface area contributed by atoms with E-state index in [0.29, 0.717) is 0 Å². The molecule has 3 amide bonds. The summed E-state index contributed by atoms with van der Waals surface area (Å²) in [6.07, 6.45) is -0.841. The maximum absolute atomic E-state index is 13.7. The van der Waals surface area contributed by atoms with Crippen molar-refractivity contribution in [3.8, 4) is 11.1 Å². The van der Waals surface area contributed by atoms with Crippen molar-refractivity contribution in [1.82, 2.24) is 16.0 Å². The number of carbonyl (C=O) groups is 4. The Bertz CT molecular complexity index is 1390. The molecule has 0 saturated heterocycles. The van der Waals surface area contributed by atoms with Crippen molar-refractivity contribution in [3.63, 3.8) is 0 Å². The molecule has 4 N–H and O–H groups in total. The first kappa shape index (κ1) is 38.4. The van der Waals surface area contributed by atoms with Gasteiger partial charge in [0.05, 0.1) is 36.6 Å². The van der Waals surface area contributed by atoms with E-state index >= 15 is 0 Å². The van der Waals surface area contributed by atoms with Gasteiger partial charge in [-0.05, 0) is 84.6 Å². The Labute approximate surface area is 283 Å². The molecule has 2 aromatic rings. The van der Waals surface area contributed by atoms with Crippen molar-refractivity contribution in [2.75, 3.05) is 26.4 Å². The summed E-state index contributed by atoms with van der Waals surface area (Å²) in [5, 5.41) is 17.4. The van der Waals surface area contributed by atoms with Crippen LogP contribution in [0.15, 0.2) is 48.5 Å². The third-order valence-electron chi connectivity index (χ3n) is 7.25. The van der Waals surface area contributed by atoms with Crippen LogP contribution in [-0.4, -0.2) is 90.3 Å². The fraction of sp³-hybridized carbons (Fsp3) is 0.556. The largest absolute Gasteiger partial charge is 0.480 e. The fourth-order valence-corrected chi connectivity index (χ4v) is 4.87. The van der Waals surface area contributed by atoms with Gasteiger partial charge in [-0.2, -0.15) is 0 Å². The molecule has 0 saturated carbocycles. The topological polar surface area (TPSA) is 162 Å². The molecule has 1 aliphatic carbocycles. The standard InChI is InChI=1S/C36H51N3O9/c1-34(2,3)46-19-27(30(40)38-29(32(42)43)21-48-36(7,8)9)37-31(41)28(20-47-35(4,5)6)39-33(44)45-18-26-24-16-12-10-14-22(24)23-15-11-13-17-25(23)26/h10-17,26-29H,18-21H2,1-9H3,(H,37,41)(H,38,40)(H,39,44)(H,42,43). The lowest BCUT2D eigenvalue weighted by Crippen LogP contribution is -2.59. The van der Waals surface area contributed by atoms with E-state index in [1.165, 1.54) is 0 Å². The molecular formula is C36H51N3O9. The summed E-state index contributed by atoms with van der Waals surface area (Å²) in [5.41, 5.74) is 2.25. The Morgan fingerprint density at radius 3 is 1.42 bits per heavy atom. The van der Waals surface area contributed by atoms with Crippen molar-refractivity contribution >= 4 is 23.9 Å². The summed E-state index contributed by atoms with van der Waals surface area (Å²) >= 11 is 0. The second-order valence-electron chi connectivity index (χ2n) is 14.8. The van der Waals surface area contributed by atoms with Crippen LogP contribution in [0.5, 0.6) is 0 Å². The Morgan fingerprint density at radius 1 is 0.625 bits per heavy atom. The number of carboxylic acids is 1. The molecule has 0 heterocycles. The molecular weight excluding hydrogens is 618 g/mol. The third-order valence-corrected chi connectivity index (χ3v) is 7.25. The minimum atomic E-state index is -1.38. The van der Waals surface area contributed by atoms with E-state index in [1.54, 1.807) is 62.3 Å². The van der Waals surface area contributed by atoms with Crippen LogP contribution in [0, 0.1) is 0 Å². The van der Waals surface area contributed by atoms with E-state index in [-0.39, 0.29) is 32.3 Å². The van der Waals surface area contributed by atoms with Crippen LogP contribution in [0.25, 0.3) is 11.1 Å². The first-order valence-electron chi connectivity index (χ1n) is 16.1. The van der Waals surface area contributed by atoms with Crippen molar-refractivity contribution < 1.29 is 43.2 Å². The average Bonchev–Trinajstić information content (AvgIpc) is 3.30. The van der Waals surface area contributed by atoms with Gasteiger partial charge >= 0.3 is 12.1 Å². The quantitative estimate of drug-likeness (QED) is 0.229. The van der Waals surface area contributed by atoms with Crippen LogP contribution in [0.4, 0.5) is 4.79 Å². The summed E-state index contributed by atoms with van der Waals surface area (Å²) in [7, 11) is 0. The van der Waals surface area contributed by atoms with E-state index < -0.39 is 58.8 Å². The summed E-state index contributed by atoms with van der Waals surface area (Å²) in [6.45, 7) is 15.3. The second-order valence-corrected chi connectivity index (χ2v) is 14.8. The molecule has 0 aromatic heterocycles. The SMILES string of the molecule is CC(C)(C)OCC(NC(=O)C(COC(C)(C)C)NC(=O)C(COC(C)(C)C)NC(=O)OCC1c2ccccc2-c2ccccc21)C(=O)O. The van der Waals surface area contributed by atoms with Gasteiger partial charge in [0.1, 0.15) is 18.7 Å². The first-order chi connectivity index (χ1) is 22.2. The number of benzene rings is 2. The molecule has 0 aliphatic heterocycles. The third kappa shape index (κ3) is 11.9. The first-order valence-corrected chi connectivity index (χ1v) is 16.1. The number of carboxylic acid groups (broad SMARTS) is 1. The molecule has 48 heavy (non-hydrogen) atoms. The molecule has 0 bridgehead atoms. The number of alkyl carbamates (subject to hydrolysis) is 1. The summed E-state index contributed by atoms with van der Waals surface area (Å²) in [6, 6.07) is 11.9. The Kier molecular flexibility index (Phi) is 12.8. The molecule has 3 rings (SSSR count).